The van der Waals surface area contributed by atoms with Gasteiger partial charge in [0.25, 0.3) is 0 Å². The van der Waals surface area contributed by atoms with E-state index >= 15 is 0 Å². The second-order valence-electron chi connectivity index (χ2n) is 1.19. The zero-order valence-electron chi connectivity index (χ0n) is 4.07. The number of alkyl halides is 3. The first-order chi connectivity index (χ1) is 3.95. The van der Waals surface area contributed by atoms with Gasteiger partial charge in [-0.3, -0.25) is 4.79 Å². The molecule has 0 spiro atoms. The standard InChI is InChI=1S/C4H2Cl4O/c5-3(2-9)1-4(6,7)8/h1-2H/b3-1-. The van der Waals surface area contributed by atoms with E-state index in [9.17, 15) is 4.79 Å². The predicted molar refractivity (Wildman–Crippen MR) is 40.3 cm³/mol. The molecule has 0 bridgehead atoms. The fraction of sp³-hybridized carbons (Fsp3) is 0.250. The van der Waals surface area contributed by atoms with Crippen LogP contribution >= 0.6 is 46.4 Å². The van der Waals surface area contributed by atoms with Crippen LogP contribution in [0.2, 0.25) is 0 Å². The van der Waals surface area contributed by atoms with Crippen LogP contribution in [0.15, 0.2) is 11.1 Å². The molecule has 0 aliphatic heterocycles. The van der Waals surface area contributed by atoms with E-state index in [2.05, 4.69) is 0 Å². The molecule has 0 aromatic heterocycles. The Balaban J connectivity index is 4.11. The van der Waals surface area contributed by atoms with Crippen LogP contribution in [0.3, 0.4) is 0 Å². The molecule has 0 amide bonds. The minimum atomic E-state index is -1.59. The third kappa shape index (κ3) is 6.46. The second kappa shape index (κ2) is 3.67. The Bertz CT molecular complexity index is 134. The maximum Gasteiger partial charge on any atom is 0.211 e. The summed E-state index contributed by atoms with van der Waals surface area (Å²) < 4.78 is -1.59. The summed E-state index contributed by atoms with van der Waals surface area (Å²) in [6.45, 7) is 0. The average Bonchev–Trinajstić information content (AvgIpc) is 1.62. The Morgan fingerprint density at radius 2 is 1.78 bits per heavy atom. The van der Waals surface area contributed by atoms with Gasteiger partial charge >= 0.3 is 0 Å². The molecule has 0 rings (SSSR count). The monoisotopic (exact) mass is 206 g/mol. The summed E-state index contributed by atoms with van der Waals surface area (Å²) in [7, 11) is 0. The minimum Gasteiger partial charge on any atom is -0.297 e. The van der Waals surface area contributed by atoms with Crippen LogP contribution in [-0.2, 0) is 4.79 Å². The molecule has 9 heavy (non-hydrogen) atoms. The van der Waals surface area contributed by atoms with Gasteiger partial charge in [0, 0.05) is 0 Å². The molecule has 0 aromatic carbocycles. The van der Waals surface area contributed by atoms with Crippen molar-refractivity contribution in [3.63, 3.8) is 0 Å². The molecule has 0 saturated carbocycles. The summed E-state index contributed by atoms with van der Waals surface area (Å²) in [4.78, 5) is 9.81. The zero-order chi connectivity index (χ0) is 7.49. The third-order valence-corrected chi connectivity index (χ3v) is 0.940. The first-order valence-electron chi connectivity index (χ1n) is 1.86. The Morgan fingerprint density at radius 1 is 1.33 bits per heavy atom. The highest BCUT2D eigenvalue weighted by Gasteiger charge is 2.15. The molecule has 0 N–H and O–H groups in total. The molecule has 0 unspecified atom stereocenters. The molecule has 0 aliphatic carbocycles. The molecule has 52 valence electrons. The van der Waals surface area contributed by atoms with Crippen LogP contribution in [0, 0.1) is 0 Å². The summed E-state index contributed by atoms with van der Waals surface area (Å²) in [6, 6.07) is 0. The fourth-order valence-corrected chi connectivity index (χ4v) is 0.874. The van der Waals surface area contributed by atoms with Gasteiger partial charge in [0.15, 0.2) is 6.29 Å². The lowest BCUT2D eigenvalue weighted by atomic mass is 10.5. The van der Waals surface area contributed by atoms with Crippen LogP contribution in [0.4, 0.5) is 0 Å². The highest BCUT2D eigenvalue weighted by molar-refractivity contribution is 6.69. The molecule has 0 saturated heterocycles. The highest BCUT2D eigenvalue weighted by atomic mass is 35.6. The van der Waals surface area contributed by atoms with Gasteiger partial charge in [0.05, 0.1) is 5.03 Å². The van der Waals surface area contributed by atoms with Gasteiger partial charge in [0.2, 0.25) is 3.79 Å². The maximum absolute atomic E-state index is 9.81. The summed E-state index contributed by atoms with van der Waals surface area (Å²) in [5.74, 6) is 0. The lowest BCUT2D eigenvalue weighted by Gasteiger charge is -2.01. The van der Waals surface area contributed by atoms with E-state index in [-0.39, 0.29) is 5.03 Å². The first-order valence-corrected chi connectivity index (χ1v) is 3.37. The topological polar surface area (TPSA) is 17.1 Å². The number of allylic oxidation sites excluding steroid dienone is 2. The van der Waals surface area contributed by atoms with Crippen LogP contribution in [0.25, 0.3) is 0 Å². The van der Waals surface area contributed by atoms with Gasteiger partial charge in [-0.05, 0) is 6.08 Å². The normalized spacial score (nSPS) is 13.6. The summed E-state index contributed by atoms with van der Waals surface area (Å²) in [6.07, 6.45) is 1.41. The number of aldehydes is 1. The second-order valence-corrected chi connectivity index (χ2v) is 3.99. The van der Waals surface area contributed by atoms with E-state index in [1.54, 1.807) is 0 Å². The van der Waals surface area contributed by atoms with Crippen molar-refractivity contribution in [2.45, 2.75) is 3.79 Å². The molecule has 0 heterocycles. The quantitative estimate of drug-likeness (QED) is 0.367. The Labute approximate surface area is 72.5 Å². The van der Waals surface area contributed by atoms with Crippen molar-refractivity contribution < 1.29 is 4.79 Å². The SMILES string of the molecule is O=C/C(Cl)=C/C(Cl)(Cl)Cl. The van der Waals surface area contributed by atoms with Crippen molar-refractivity contribution in [2.75, 3.05) is 0 Å². The number of hydrogen-bond donors (Lipinski definition) is 0. The molecule has 1 nitrogen and oxygen atoms in total. The average molecular weight is 208 g/mol. The number of hydrogen-bond acceptors (Lipinski definition) is 1. The van der Waals surface area contributed by atoms with E-state index in [1.807, 2.05) is 0 Å². The van der Waals surface area contributed by atoms with E-state index in [4.69, 9.17) is 46.4 Å². The Hall–Kier alpha value is 0.570. The summed E-state index contributed by atoms with van der Waals surface area (Å²) >= 11 is 20.8. The van der Waals surface area contributed by atoms with Gasteiger partial charge in [-0.25, -0.2) is 0 Å². The fourth-order valence-electron chi connectivity index (χ4n) is 0.190. The summed E-state index contributed by atoms with van der Waals surface area (Å²) in [5, 5.41) is -0.116. The Kier molecular flexibility index (Phi) is 3.90. The van der Waals surface area contributed by atoms with Gasteiger partial charge in [-0.15, -0.1) is 0 Å². The van der Waals surface area contributed by atoms with Crippen molar-refractivity contribution in [1.29, 1.82) is 0 Å². The molecular formula is C4H2Cl4O. The molecule has 0 fully saturated rings. The van der Waals surface area contributed by atoms with Gasteiger partial charge in [0.1, 0.15) is 0 Å². The van der Waals surface area contributed by atoms with Crippen molar-refractivity contribution in [2.24, 2.45) is 0 Å². The largest absolute Gasteiger partial charge is 0.297 e. The van der Waals surface area contributed by atoms with Crippen molar-refractivity contribution in [3.8, 4) is 0 Å². The number of carbonyl (C=O) groups excluding carboxylic acids is 1. The van der Waals surface area contributed by atoms with Crippen LogP contribution < -0.4 is 0 Å². The first kappa shape index (κ1) is 9.57. The lowest BCUT2D eigenvalue weighted by Crippen LogP contribution is -1.95. The lowest BCUT2D eigenvalue weighted by molar-refractivity contribution is -0.104. The van der Waals surface area contributed by atoms with E-state index < -0.39 is 3.79 Å². The molecule has 0 aliphatic rings. The molecule has 0 atom stereocenters. The molecule has 0 aromatic rings. The van der Waals surface area contributed by atoms with Gasteiger partial charge in [-0.2, -0.15) is 0 Å². The number of carbonyl (C=O) groups is 1. The van der Waals surface area contributed by atoms with Crippen molar-refractivity contribution in [3.05, 3.63) is 11.1 Å². The van der Waals surface area contributed by atoms with E-state index in [0.717, 1.165) is 6.08 Å². The molecule has 5 heteroatoms. The zero-order valence-corrected chi connectivity index (χ0v) is 7.10. The van der Waals surface area contributed by atoms with E-state index in [0.29, 0.717) is 6.29 Å². The smallest absolute Gasteiger partial charge is 0.211 e. The highest BCUT2D eigenvalue weighted by Crippen LogP contribution is 2.29. The minimum absolute atomic E-state index is 0.116. The van der Waals surface area contributed by atoms with Crippen molar-refractivity contribution >= 4 is 52.7 Å². The maximum atomic E-state index is 9.81. The summed E-state index contributed by atoms with van der Waals surface area (Å²) in [5.41, 5.74) is 0. The Morgan fingerprint density at radius 3 is 1.89 bits per heavy atom. The van der Waals surface area contributed by atoms with Crippen molar-refractivity contribution in [1.82, 2.24) is 0 Å². The van der Waals surface area contributed by atoms with Crippen LogP contribution in [0.1, 0.15) is 0 Å². The third-order valence-electron chi connectivity index (χ3n) is 0.414. The number of halogens is 4. The van der Waals surface area contributed by atoms with E-state index in [1.165, 1.54) is 0 Å². The van der Waals surface area contributed by atoms with Gasteiger partial charge < -0.3 is 0 Å². The predicted octanol–water partition coefficient (Wildman–Crippen LogP) is 2.68. The van der Waals surface area contributed by atoms with Gasteiger partial charge in [-0.1, -0.05) is 46.4 Å². The molecule has 0 radical (unpaired) electrons. The van der Waals surface area contributed by atoms with Crippen LogP contribution in [0.5, 0.6) is 0 Å². The number of rotatable bonds is 1. The molecular weight excluding hydrogens is 206 g/mol. The van der Waals surface area contributed by atoms with Crippen LogP contribution in [-0.4, -0.2) is 10.1 Å².